The van der Waals surface area contributed by atoms with Crippen LogP contribution in [0.15, 0.2) is 116 Å². The first-order valence-electron chi connectivity index (χ1n) is 11.6. The fourth-order valence-corrected chi connectivity index (χ4v) is 9.05. The number of rotatable bonds is 10. The van der Waals surface area contributed by atoms with Gasteiger partial charge >= 0.3 is 206 Å². The van der Waals surface area contributed by atoms with E-state index in [1.165, 1.54) is 22.1 Å². The molecule has 0 saturated carbocycles. The van der Waals surface area contributed by atoms with Crippen LogP contribution in [0.1, 0.15) is 16.8 Å². The van der Waals surface area contributed by atoms with Crippen LogP contribution >= 0.6 is 7.26 Å². The summed E-state index contributed by atoms with van der Waals surface area (Å²) in [6.45, 7) is 0.0134. The Labute approximate surface area is 206 Å². The summed E-state index contributed by atoms with van der Waals surface area (Å²) in [5.74, 6) is -0.792. The molecule has 0 fully saturated rings. The fourth-order valence-electron chi connectivity index (χ4n) is 4.32. The zero-order valence-corrected chi connectivity index (χ0v) is 20.4. The Morgan fingerprint density at radius 1 is 0.657 bits per heavy atom. The molecule has 0 saturated heterocycles. The van der Waals surface area contributed by atoms with Gasteiger partial charge in [0, 0.05) is 0 Å². The monoisotopic (exact) mass is 485 g/mol. The van der Waals surface area contributed by atoms with Crippen molar-refractivity contribution < 1.29 is 19.1 Å². The first-order valence-corrected chi connectivity index (χ1v) is 13.8. The second kappa shape index (κ2) is 12.0. The van der Waals surface area contributed by atoms with Crippen LogP contribution in [0, 0.1) is 0 Å². The van der Waals surface area contributed by atoms with Crippen LogP contribution in [-0.2, 0) is 14.3 Å². The Bertz CT molecular complexity index is 1120. The Balaban J connectivity index is 1.47. The summed E-state index contributed by atoms with van der Waals surface area (Å²) in [4.78, 5) is 28.7. The summed E-state index contributed by atoms with van der Waals surface area (Å²) in [5, 5.41) is 3.74. The molecule has 0 spiro atoms. The molecule has 0 amide bonds. The van der Waals surface area contributed by atoms with Gasteiger partial charge in [-0.25, -0.2) is 0 Å². The number of nitrogens with zero attached hydrogens (tertiary/aromatic N) is 1. The van der Waals surface area contributed by atoms with E-state index in [0.29, 0.717) is 11.7 Å². The van der Waals surface area contributed by atoms with Gasteiger partial charge in [0.15, 0.2) is 0 Å². The molecule has 0 N–H and O–H groups in total. The third-order valence-electron chi connectivity index (χ3n) is 5.98. The summed E-state index contributed by atoms with van der Waals surface area (Å²) in [7, 11) is -2.49. The van der Waals surface area contributed by atoms with Crippen molar-refractivity contribution in [1.29, 1.82) is 0 Å². The van der Waals surface area contributed by atoms with Crippen molar-refractivity contribution >= 4 is 35.1 Å². The molecule has 0 radical (unpaired) electrons. The number of benzene rings is 3. The van der Waals surface area contributed by atoms with Gasteiger partial charge in [-0.2, -0.15) is 0 Å². The van der Waals surface area contributed by atoms with Crippen molar-refractivity contribution in [2.45, 2.75) is 6.42 Å². The molecule has 5 nitrogen and oxygen atoms in total. The molecular formula is C29H28NO4P. The van der Waals surface area contributed by atoms with Crippen LogP contribution in [0.3, 0.4) is 0 Å². The van der Waals surface area contributed by atoms with E-state index in [1.54, 1.807) is 18.3 Å². The molecule has 0 aliphatic carbocycles. The van der Waals surface area contributed by atoms with Crippen molar-refractivity contribution in [1.82, 2.24) is 4.98 Å². The first-order chi connectivity index (χ1) is 17.2. The maximum absolute atomic E-state index is 12.7. The first kappa shape index (κ1) is 24.3. The number of hydrogen-bond donors (Lipinski definition) is 0. The number of pyridine rings is 1. The van der Waals surface area contributed by atoms with Crippen LogP contribution < -0.4 is 15.9 Å². The topological polar surface area (TPSA) is 65.5 Å². The quantitative estimate of drug-likeness (QED) is 0.194. The van der Waals surface area contributed by atoms with Gasteiger partial charge in [-0.1, -0.05) is 0 Å². The zero-order valence-electron chi connectivity index (χ0n) is 19.4. The van der Waals surface area contributed by atoms with Crippen molar-refractivity contribution in [3.05, 3.63) is 121 Å². The Morgan fingerprint density at radius 3 is 1.66 bits per heavy atom. The van der Waals surface area contributed by atoms with E-state index < -0.39 is 13.2 Å². The number of esters is 2. The standard InChI is InChI=1S/C29H28NO4P/c31-28(33-20-21-34-29(32)24-11-10-19-30-23-24)18-22-35(25-12-4-1-5-13-25,26-14-6-2-7-15-26)27-16-8-3-9-17-27/h1-17,19,23,35H,18,20-22H2. The predicted molar refractivity (Wildman–Crippen MR) is 142 cm³/mol. The molecule has 4 rings (SSSR count). The Hall–Kier alpha value is -3.82. The average molecular weight is 486 g/mol. The fraction of sp³-hybridized carbons (Fsp3) is 0.138. The molecule has 0 unspecified atom stereocenters. The molecule has 178 valence electrons. The molecule has 3 aromatic carbocycles. The minimum atomic E-state index is -2.49. The SMILES string of the molecule is O=C(CC[PH](c1ccccc1)(c1ccccc1)c1ccccc1)OCCOC(=O)c1cccnc1. The summed E-state index contributed by atoms with van der Waals surface area (Å²) in [6.07, 6.45) is 3.96. The van der Waals surface area contributed by atoms with Gasteiger partial charge in [-0.3, -0.25) is 0 Å². The van der Waals surface area contributed by atoms with Gasteiger partial charge in [0.1, 0.15) is 0 Å². The molecule has 1 heterocycles. The van der Waals surface area contributed by atoms with E-state index in [2.05, 4.69) is 77.8 Å². The third-order valence-corrected chi connectivity index (χ3v) is 10.9. The van der Waals surface area contributed by atoms with Gasteiger partial charge in [0.2, 0.25) is 0 Å². The van der Waals surface area contributed by atoms with Crippen molar-refractivity contribution in [2.75, 3.05) is 19.4 Å². The third kappa shape index (κ3) is 6.00. The van der Waals surface area contributed by atoms with Crippen LogP contribution in [0.5, 0.6) is 0 Å². The molecule has 35 heavy (non-hydrogen) atoms. The normalized spacial score (nSPS) is 11.4. The summed E-state index contributed by atoms with van der Waals surface area (Å²) in [5.41, 5.74) is 0.364. The predicted octanol–water partition coefficient (Wildman–Crippen LogP) is 3.90. The van der Waals surface area contributed by atoms with Crippen molar-refractivity contribution in [3.63, 3.8) is 0 Å². The van der Waals surface area contributed by atoms with Gasteiger partial charge < -0.3 is 0 Å². The summed E-state index contributed by atoms with van der Waals surface area (Å²) >= 11 is 0. The van der Waals surface area contributed by atoms with Gasteiger partial charge in [0.25, 0.3) is 0 Å². The molecule has 0 aliphatic rings. The van der Waals surface area contributed by atoms with E-state index >= 15 is 0 Å². The number of carbonyl (C=O) groups excluding carboxylic acids is 2. The number of hydrogen-bond acceptors (Lipinski definition) is 5. The number of ether oxygens (including phenoxy) is 2. The second-order valence-corrected chi connectivity index (χ2v) is 12.1. The molecule has 0 bridgehead atoms. The van der Waals surface area contributed by atoms with E-state index in [1.807, 2.05) is 18.2 Å². The van der Waals surface area contributed by atoms with Crippen LogP contribution in [0.2, 0.25) is 0 Å². The molecule has 4 aromatic rings. The van der Waals surface area contributed by atoms with Crippen LogP contribution in [-0.4, -0.2) is 36.3 Å². The molecule has 1 aromatic heterocycles. The number of aromatic nitrogens is 1. The summed E-state index contributed by atoms with van der Waals surface area (Å²) in [6, 6.07) is 34.6. The maximum atomic E-state index is 12.7. The average Bonchev–Trinajstić information content (AvgIpc) is 2.93. The van der Waals surface area contributed by atoms with E-state index in [9.17, 15) is 9.59 Å². The Kier molecular flexibility index (Phi) is 8.37. The second-order valence-electron chi connectivity index (χ2n) is 8.10. The number of carbonyl (C=O) groups is 2. The van der Waals surface area contributed by atoms with E-state index in [0.717, 1.165) is 0 Å². The summed E-state index contributed by atoms with van der Waals surface area (Å²) < 4.78 is 10.6. The zero-order chi connectivity index (χ0) is 24.3. The van der Waals surface area contributed by atoms with Gasteiger partial charge in [-0.05, 0) is 0 Å². The van der Waals surface area contributed by atoms with Crippen LogP contribution in [0.4, 0.5) is 0 Å². The van der Waals surface area contributed by atoms with E-state index in [4.69, 9.17) is 9.47 Å². The van der Waals surface area contributed by atoms with E-state index in [-0.39, 0.29) is 25.6 Å². The van der Waals surface area contributed by atoms with Crippen LogP contribution in [0.25, 0.3) is 0 Å². The van der Waals surface area contributed by atoms with Gasteiger partial charge in [-0.15, -0.1) is 0 Å². The molecule has 0 aliphatic heterocycles. The molecular weight excluding hydrogens is 457 g/mol. The Morgan fingerprint density at radius 2 is 1.17 bits per heavy atom. The van der Waals surface area contributed by atoms with Crippen molar-refractivity contribution in [2.24, 2.45) is 0 Å². The molecule has 6 heteroatoms. The van der Waals surface area contributed by atoms with Crippen molar-refractivity contribution in [3.8, 4) is 0 Å². The minimum absolute atomic E-state index is 0.00189. The van der Waals surface area contributed by atoms with Gasteiger partial charge in [0.05, 0.1) is 0 Å². The molecule has 0 atom stereocenters.